The van der Waals surface area contributed by atoms with Crippen LogP contribution in [-0.2, 0) is 6.54 Å². The van der Waals surface area contributed by atoms with E-state index < -0.39 is 0 Å². The number of carbonyl (C=O) groups excluding carboxylic acids is 1. The molecule has 1 aromatic carbocycles. The van der Waals surface area contributed by atoms with Gasteiger partial charge in [0.25, 0.3) is 5.91 Å². The maximum Gasteiger partial charge on any atom is 0.271 e. The maximum absolute atomic E-state index is 12.1. The summed E-state index contributed by atoms with van der Waals surface area (Å²) in [6.07, 6.45) is 2.62. The molecule has 0 atom stereocenters. The first kappa shape index (κ1) is 16.9. The summed E-state index contributed by atoms with van der Waals surface area (Å²) in [5, 5.41) is 13.2. The first-order valence-corrected chi connectivity index (χ1v) is 8.32. The largest absolute Gasteiger partial charge is 0.351 e. The molecule has 6 heteroatoms. The number of pyridine rings is 1. The highest BCUT2D eigenvalue weighted by Gasteiger charge is 2.10. The number of H-pyrrole nitrogens is 1. The van der Waals surface area contributed by atoms with Crippen LogP contribution in [0.1, 0.15) is 22.6 Å². The van der Waals surface area contributed by atoms with E-state index in [4.69, 9.17) is 0 Å². The van der Waals surface area contributed by atoms with Crippen molar-refractivity contribution in [3.63, 3.8) is 0 Å². The number of hydrogen-bond donors (Lipinski definition) is 3. The molecule has 2 heterocycles. The standard InChI is InChI=1S/C19H21N5O/c25-19(18-13-17(23-24-18)15-7-2-1-3-8-15)22-12-6-10-20-14-16-9-4-5-11-21-16/h1-5,7-9,11,13,20H,6,10,12,14H2,(H,22,25)(H,23,24). The van der Waals surface area contributed by atoms with Gasteiger partial charge in [-0.3, -0.25) is 14.9 Å². The summed E-state index contributed by atoms with van der Waals surface area (Å²) in [5.74, 6) is -0.164. The van der Waals surface area contributed by atoms with Crippen molar-refractivity contribution >= 4 is 5.91 Å². The van der Waals surface area contributed by atoms with Crippen molar-refractivity contribution in [3.8, 4) is 11.3 Å². The predicted octanol–water partition coefficient (Wildman–Crippen LogP) is 2.38. The molecule has 3 N–H and O–H groups in total. The molecule has 0 fully saturated rings. The van der Waals surface area contributed by atoms with Crippen molar-refractivity contribution in [2.75, 3.05) is 13.1 Å². The van der Waals surface area contributed by atoms with E-state index in [1.165, 1.54) is 0 Å². The van der Waals surface area contributed by atoms with Crippen LogP contribution in [0.2, 0.25) is 0 Å². The van der Waals surface area contributed by atoms with E-state index in [0.717, 1.165) is 36.5 Å². The molecule has 0 saturated heterocycles. The lowest BCUT2D eigenvalue weighted by Gasteiger charge is -2.05. The topological polar surface area (TPSA) is 82.7 Å². The fourth-order valence-corrected chi connectivity index (χ4v) is 2.43. The summed E-state index contributed by atoms with van der Waals surface area (Å²) >= 11 is 0. The van der Waals surface area contributed by atoms with Crippen LogP contribution in [0.25, 0.3) is 11.3 Å². The van der Waals surface area contributed by atoms with Crippen LogP contribution in [0.3, 0.4) is 0 Å². The Morgan fingerprint density at radius 1 is 1.04 bits per heavy atom. The number of hydrogen-bond acceptors (Lipinski definition) is 4. The van der Waals surface area contributed by atoms with Crippen LogP contribution >= 0.6 is 0 Å². The molecular weight excluding hydrogens is 314 g/mol. The van der Waals surface area contributed by atoms with Crippen LogP contribution in [0.15, 0.2) is 60.8 Å². The summed E-state index contributed by atoms with van der Waals surface area (Å²) in [6.45, 7) is 2.14. The molecule has 0 aliphatic carbocycles. The summed E-state index contributed by atoms with van der Waals surface area (Å²) in [4.78, 5) is 16.4. The Hall–Kier alpha value is -2.99. The number of benzene rings is 1. The molecule has 2 aromatic heterocycles. The number of rotatable bonds is 8. The second kappa shape index (κ2) is 8.75. The lowest BCUT2D eigenvalue weighted by Crippen LogP contribution is -2.27. The number of aromatic nitrogens is 3. The molecule has 0 aliphatic rings. The van der Waals surface area contributed by atoms with Crippen molar-refractivity contribution in [2.45, 2.75) is 13.0 Å². The molecule has 0 bridgehead atoms. The normalized spacial score (nSPS) is 10.6. The third-order valence-corrected chi connectivity index (χ3v) is 3.74. The van der Waals surface area contributed by atoms with Gasteiger partial charge in [-0.2, -0.15) is 5.10 Å². The third-order valence-electron chi connectivity index (χ3n) is 3.74. The van der Waals surface area contributed by atoms with Crippen LogP contribution < -0.4 is 10.6 Å². The van der Waals surface area contributed by atoms with Gasteiger partial charge in [0, 0.05) is 19.3 Å². The molecule has 25 heavy (non-hydrogen) atoms. The molecular formula is C19H21N5O. The monoisotopic (exact) mass is 335 g/mol. The Morgan fingerprint density at radius 2 is 1.88 bits per heavy atom. The lowest BCUT2D eigenvalue weighted by atomic mass is 10.1. The average Bonchev–Trinajstić information content (AvgIpc) is 3.16. The van der Waals surface area contributed by atoms with Crippen molar-refractivity contribution in [3.05, 3.63) is 72.2 Å². The summed E-state index contributed by atoms with van der Waals surface area (Å²) in [5.41, 5.74) is 3.26. The maximum atomic E-state index is 12.1. The van der Waals surface area contributed by atoms with E-state index in [-0.39, 0.29) is 5.91 Å². The fraction of sp³-hybridized carbons (Fsp3) is 0.211. The van der Waals surface area contributed by atoms with Crippen molar-refractivity contribution < 1.29 is 4.79 Å². The molecule has 1 amide bonds. The average molecular weight is 335 g/mol. The molecule has 0 unspecified atom stereocenters. The van der Waals surface area contributed by atoms with E-state index >= 15 is 0 Å². The molecule has 0 radical (unpaired) electrons. The highest BCUT2D eigenvalue weighted by Crippen LogP contribution is 2.16. The molecule has 3 rings (SSSR count). The zero-order valence-corrected chi connectivity index (χ0v) is 13.9. The Balaban J connectivity index is 1.37. The van der Waals surface area contributed by atoms with Crippen molar-refractivity contribution in [1.82, 2.24) is 25.8 Å². The van der Waals surface area contributed by atoms with Crippen molar-refractivity contribution in [2.24, 2.45) is 0 Å². The van der Waals surface area contributed by atoms with Gasteiger partial charge in [-0.15, -0.1) is 0 Å². The number of aromatic amines is 1. The molecule has 3 aromatic rings. The first-order chi connectivity index (χ1) is 12.3. The smallest absolute Gasteiger partial charge is 0.271 e. The summed E-state index contributed by atoms with van der Waals surface area (Å²) < 4.78 is 0. The van der Waals surface area contributed by atoms with E-state index in [9.17, 15) is 4.79 Å². The number of carbonyl (C=O) groups is 1. The Labute approximate surface area is 146 Å². The van der Waals surface area contributed by atoms with E-state index in [2.05, 4.69) is 25.8 Å². The SMILES string of the molecule is O=C(NCCCNCc1ccccn1)c1cc(-c2ccccc2)[nH]n1. The molecule has 0 spiro atoms. The van der Waals surface area contributed by atoms with Crippen LogP contribution in [-0.4, -0.2) is 34.2 Å². The predicted molar refractivity (Wildman–Crippen MR) is 96.9 cm³/mol. The number of nitrogens with zero attached hydrogens (tertiary/aromatic N) is 2. The fourth-order valence-electron chi connectivity index (χ4n) is 2.43. The first-order valence-electron chi connectivity index (χ1n) is 8.32. The number of nitrogens with one attached hydrogen (secondary N) is 3. The second-order valence-corrected chi connectivity index (χ2v) is 5.64. The summed E-state index contributed by atoms with van der Waals surface area (Å²) in [7, 11) is 0. The van der Waals surface area contributed by atoms with Gasteiger partial charge < -0.3 is 10.6 Å². The number of amides is 1. The minimum absolute atomic E-state index is 0.164. The van der Waals surface area contributed by atoms with Gasteiger partial charge in [-0.05, 0) is 36.7 Å². The molecule has 6 nitrogen and oxygen atoms in total. The van der Waals surface area contributed by atoms with Gasteiger partial charge in [0.05, 0.1) is 11.4 Å². The Bertz CT molecular complexity index is 786. The van der Waals surface area contributed by atoms with Crippen LogP contribution in [0, 0.1) is 0 Å². The van der Waals surface area contributed by atoms with Crippen molar-refractivity contribution in [1.29, 1.82) is 0 Å². The molecule has 0 aliphatic heterocycles. The zero-order valence-electron chi connectivity index (χ0n) is 13.9. The second-order valence-electron chi connectivity index (χ2n) is 5.64. The van der Waals surface area contributed by atoms with Crippen LogP contribution in [0.5, 0.6) is 0 Å². The van der Waals surface area contributed by atoms with E-state index in [1.54, 1.807) is 12.3 Å². The van der Waals surface area contributed by atoms with Gasteiger partial charge in [-0.1, -0.05) is 36.4 Å². The van der Waals surface area contributed by atoms with Crippen LogP contribution in [0.4, 0.5) is 0 Å². The highest BCUT2D eigenvalue weighted by molar-refractivity contribution is 5.93. The zero-order chi connectivity index (χ0) is 17.3. The van der Waals surface area contributed by atoms with Gasteiger partial charge in [-0.25, -0.2) is 0 Å². The minimum Gasteiger partial charge on any atom is -0.351 e. The molecule has 0 saturated carbocycles. The quantitative estimate of drug-likeness (QED) is 0.552. The summed E-state index contributed by atoms with van der Waals surface area (Å²) in [6, 6.07) is 17.4. The van der Waals surface area contributed by atoms with Gasteiger partial charge in [0.1, 0.15) is 0 Å². The van der Waals surface area contributed by atoms with Gasteiger partial charge >= 0.3 is 0 Å². The lowest BCUT2D eigenvalue weighted by molar-refractivity contribution is 0.0948. The Kier molecular flexibility index (Phi) is 5.90. The Morgan fingerprint density at radius 3 is 2.68 bits per heavy atom. The molecule has 128 valence electrons. The highest BCUT2D eigenvalue weighted by atomic mass is 16.1. The van der Waals surface area contributed by atoms with E-state index in [1.807, 2.05) is 48.5 Å². The van der Waals surface area contributed by atoms with Gasteiger partial charge in [0.2, 0.25) is 0 Å². The minimum atomic E-state index is -0.164. The van der Waals surface area contributed by atoms with Gasteiger partial charge in [0.15, 0.2) is 5.69 Å². The third kappa shape index (κ3) is 4.99. The van der Waals surface area contributed by atoms with E-state index in [0.29, 0.717) is 12.2 Å².